The van der Waals surface area contributed by atoms with Gasteiger partial charge in [0.25, 0.3) is 0 Å². The molecule has 2 atom stereocenters. The van der Waals surface area contributed by atoms with Crippen molar-refractivity contribution >= 4 is 18.5 Å². The van der Waals surface area contributed by atoms with Crippen molar-refractivity contribution in [2.75, 3.05) is 13.2 Å². The molecular formula is C16H23NO2S. The lowest BCUT2D eigenvalue weighted by Crippen LogP contribution is -2.41. The van der Waals surface area contributed by atoms with Gasteiger partial charge in [0, 0.05) is 19.2 Å². The number of hydrogen-bond donors (Lipinski definition) is 2. The Labute approximate surface area is 126 Å². The molecule has 3 nitrogen and oxygen atoms in total. The van der Waals surface area contributed by atoms with Gasteiger partial charge < -0.3 is 10.0 Å². The van der Waals surface area contributed by atoms with Gasteiger partial charge in [-0.05, 0) is 37.7 Å². The van der Waals surface area contributed by atoms with Gasteiger partial charge in [-0.15, -0.1) is 0 Å². The number of carbonyl (C=O) groups is 1. The van der Waals surface area contributed by atoms with Crippen molar-refractivity contribution < 1.29 is 9.90 Å². The maximum atomic E-state index is 12.5. The summed E-state index contributed by atoms with van der Waals surface area (Å²) in [6, 6.07) is 10.3. The van der Waals surface area contributed by atoms with Gasteiger partial charge in [0.15, 0.2) is 0 Å². The van der Waals surface area contributed by atoms with Gasteiger partial charge in [-0.1, -0.05) is 30.3 Å². The second kappa shape index (κ2) is 7.70. The molecular weight excluding hydrogens is 270 g/mol. The van der Waals surface area contributed by atoms with E-state index in [1.54, 1.807) is 0 Å². The fourth-order valence-corrected chi connectivity index (χ4v) is 3.23. The van der Waals surface area contributed by atoms with E-state index in [1.165, 1.54) is 0 Å². The number of rotatable bonds is 6. The lowest BCUT2D eigenvalue weighted by molar-refractivity contribution is -0.131. The van der Waals surface area contributed by atoms with Crippen LogP contribution in [0.2, 0.25) is 0 Å². The number of likely N-dealkylation sites (tertiary alicyclic amines) is 1. The summed E-state index contributed by atoms with van der Waals surface area (Å²) >= 11 is 4.50. The molecule has 1 heterocycles. The van der Waals surface area contributed by atoms with Crippen molar-refractivity contribution in [2.45, 2.75) is 43.4 Å². The maximum Gasteiger partial charge on any atom is 0.236 e. The molecule has 1 amide bonds. The van der Waals surface area contributed by atoms with Crippen LogP contribution >= 0.6 is 12.6 Å². The Morgan fingerprint density at radius 3 is 2.85 bits per heavy atom. The van der Waals surface area contributed by atoms with Crippen molar-refractivity contribution in [1.82, 2.24) is 4.90 Å². The first kappa shape index (κ1) is 15.4. The fraction of sp³-hybridized carbons (Fsp3) is 0.562. The van der Waals surface area contributed by atoms with E-state index >= 15 is 0 Å². The van der Waals surface area contributed by atoms with Crippen molar-refractivity contribution in [3.05, 3.63) is 35.9 Å². The van der Waals surface area contributed by atoms with E-state index in [-0.39, 0.29) is 17.8 Å². The monoisotopic (exact) mass is 293 g/mol. The molecule has 4 heteroatoms. The standard InChI is InChI=1S/C16H23NO2S/c18-11-5-9-14-8-4-10-17(14)16(19)15(20)12-13-6-2-1-3-7-13/h1-3,6-7,14-15,18,20H,4-5,8-12H2. The highest BCUT2D eigenvalue weighted by atomic mass is 32.1. The predicted octanol–water partition coefficient (Wildman–Crippen LogP) is 2.29. The Bertz CT molecular complexity index is 424. The highest BCUT2D eigenvalue weighted by molar-refractivity contribution is 7.81. The van der Waals surface area contributed by atoms with Gasteiger partial charge in [-0.3, -0.25) is 4.79 Å². The summed E-state index contributed by atoms with van der Waals surface area (Å²) in [4.78, 5) is 14.5. The van der Waals surface area contributed by atoms with E-state index in [1.807, 2.05) is 35.2 Å². The normalized spacial score (nSPS) is 20.1. The van der Waals surface area contributed by atoms with Crippen LogP contribution in [0.15, 0.2) is 30.3 Å². The van der Waals surface area contributed by atoms with Crippen LogP contribution in [-0.4, -0.2) is 40.4 Å². The number of aliphatic hydroxyl groups excluding tert-OH is 1. The first-order valence-electron chi connectivity index (χ1n) is 7.35. The third kappa shape index (κ3) is 4.00. The van der Waals surface area contributed by atoms with E-state index in [4.69, 9.17) is 5.11 Å². The number of aliphatic hydroxyl groups is 1. The van der Waals surface area contributed by atoms with Gasteiger partial charge in [0.2, 0.25) is 5.91 Å². The summed E-state index contributed by atoms with van der Waals surface area (Å²) < 4.78 is 0. The molecule has 0 aromatic heterocycles. The molecule has 0 bridgehead atoms. The van der Waals surface area contributed by atoms with Gasteiger partial charge in [-0.2, -0.15) is 12.6 Å². The molecule has 1 aromatic rings. The minimum absolute atomic E-state index is 0.137. The Balaban J connectivity index is 1.92. The number of carbonyl (C=O) groups excluding carboxylic acids is 1. The van der Waals surface area contributed by atoms with Crippen LogP contribution in [0.5, 0.6) is 0 Å². The number of hydrogen-bond acceptors (Lipinski definition) is 3. The minimum Gasteiger partial charge on any atom is -0.396 e. The molecule has 2 unspecified atom stereocenters. The smallest absolute Gasteiger partial charge is 0.236 e. The topological polar surface area (TPSA) is 40.5 Å². The molecule has 1 saturated heterocycles. The van der Waals surface area contributed by atoms with Crippen molar-refractivity contribution in [1.29, 1.82) is 0 Å². The van der Waals surface area contributed by atoms with Crippen molar-refractivity contribution in [3.63, 3.8) is 0 Å². The summed E-state index contributed by atoms with van der Waals surface area (Å²) in [5.41, 5.74) is 1.15. The van der Waals surface area contributed by atoms with Crippen molar-refractivity contribution in [2.24, 2.45) is 0 Å². The zero-order chi connectivity index (χ0) is 14.4. The molecule has 1 aromatic carbocycles. The number of amides is 1. The van der Waals surface area contributed by atoms with Gasteiger partial charge in [-0.25, -0.2) is 0 Å². The zero-order valence-electron chi connectivity index (χ0n) is 11.7. The molecule has 0 saturated carbocycles. The summed E-state index contributed by atoms with van der Waals surface area (Å²) in [6.07, 6.45) is 4.45. The summed E-state index contributed by atoms with van der Waals surface area (Å²) in [7, 11) is 0. The SMILES string of the molecule is O=C(C(S)Cc1ccccc1)N1CCCC1CCCO. The quantitative estimate of drug-likeness (QED) is 0.790. The van der Waals surface area contributed by atoms with Crippen LogP contribution < -0.4 is 0 Å². The molecule has 20 heavy (non-hydrogen) atoms. The fourth-order valence-electron chi connectivity index (χ4n) is 2.87. The summed E-state index contributed by atoms with van der Waals surface area (Å²) in [6.45, 7) is 1.04. The summed E-state index contributed by atoms with van der Waals surface area (Å²) in [5.74, 6) is 0.137. The average molecular weight is 293 g/mol. The van der Waals surface area contributed by atoms with Crippen LogP contribution in [0.4, 0.5) is 0 Å². The van der Waals surface area contributed by atoms with Gasteiger partial charge in [0.1, 0.15) is 0 Å². The van der Waals surface area contributed by atoms with Gasteiger partial charge in [0.05, 0.1) is 5.25 Å². The zero-order valence-corrected chi connectivity index (χ0v) is 12.6. The highest BCUT2D eigenvalue weighted by Crippen LogP contribution is 2.24. The largest absolute Gasteiger partial charge is 0.396 e. The van der Waals surface area contributed by atoms with E-state index in [0.29, 0.717) is 12.5 Å². The lowest BCUT2D eigenvalue weighted by Gasteiger charge is -2.27. The first-order chi connectivity index (χ1) is 9.72. The number of nitrogens with zero attached hydrogens (tertiary/aromatic N) is 1. The van der Waals surface area contributed by atoms with Crippen LogP contribution in [0.1, 0.15) is 31.2 Å². The lowest BCUT2D eigenvalue weighted by atomic mass is 10.1. The summed E-state index contributed by atoms with van der Waals surface area (Å²) in [5, 5.41) is 8.67. The Morgan fingerprint density at radius 2 is 2.15 bits per heavy atom. The Kier molecular flexibility index (Phi) is 5.92. The maximum absolute atomic E-state index is 12.5. The second-order valence-electron chi connectivity index (χ2n) is 5.40. The van der Waals surface area contributed by atoms with Crippen LogP contribution in [0.3, 0.4) is 0 Å². The van der Waals surface area contributed by atoms with E-state index < -0.39 is 0 Å². The molecule has 1 N–H and O–H groups in total. The van der Waals surface area contributed by atoms with Crippen LogP contribution in [-0.2, 0) is 11.2 Å². The first-order valence-corrected chi connectivity index (χ1v) is 7.87. The molecule has 2 rings (SSSR count). The molecule has 0 aliphatic carbocycles. The molecule has 110 valence electrons. The van der Waals surface area contributed by atoms with Crippen molar-refractivity contribution in [3.8, 4) is 0 Å². The Hall–Kier alpha value is -1.00. The number of thiol groups is 1. The highest BCUT2D eigenvalue weighted by Gasteiger charge is 2.31. The number of benzene rings is 1. The van der Waals surface area contributed by atoms with Gasteiger partial charge >= 0.3 is 0 Å². The molecule has 1 aliphatic heterocycles. The van der Waals surface area contributed by atoms with Crippen LogP contribution in [0.25, 0.3) is 0 Å². The van der Waals surface area contributed by atoms with E-state index in [9.17, 15) is 4.79 Å². The molecule has 0 spiro atoms. The van der Waals surface area contributed by atoms with E-state index in [0.717, 1.165) is 37.8 Å². The molecule has 0 radical (unpaired) electrons. The minimum atomic E-state index is -0.271. The third-order valence-electron chi connectivity index (χ3n) is 3.91. The molecule has 1 fully saturated rings. The molecule has 1 aliphatic rings. The predicted molar refractivity (Wildman–Crippen MR) is 84.0 cm³/mol. The third-order valence-corrected chi connectivity index (χ3v) is 4.32. The second-order valence-corrected chi connectivity index (χ2v) is 6.02. The van der Waals surface area contributed by atoms with Crippen LogP contribution in [0, 0.1) is 0 Å². The van der Waals surface area contributed by atoms with E-state index in [2.05, 4.69) is 12.6 Å². The Morgan fingerprint density at radius 1 is 1.40 bits per heavy atom. The average Bonchev–Trinajstić information content (AvgIpc) is 2.93.